The Bertz CT molecular complexity index is 511. The van der Waals surface area contributed by atoms with Crippen molar-refractivity contribution < 1.29 is 0 Å². The van der Waals surface area contributed by atoms with Gasteiger partial charge in [0.2, 0.25) is 0 Å². The van der Waals surface area contributed by atoms with Gasteiger partial charge in [-0.15, -0.1) is 11.3 Å². The molecule has 1 atom stereocenters. The molecule has 1 fully saturated rings. The highest BCUT2D eigenvalue weighted by molar-refractivity contribution is 9.09. The Balaban J connectivity index is 1.87. The molecule has 0 aromatic carbocycles. The van der Waals surface area contributed by atoms with Crippen molar-refractivity contribution in [2.24, 2.45) is 5.92 Å². The highest BCUT2D eigenvalue weighted by Crippen LogP contribution is 2.32. The predicted molar refractivity (Wildman–Crippen MR) is 78.4 cm³/mol. The summed E-state index contributed by atoms with van der Waals surface area (Å²) in [7, 11) is 0. The Morgan fingerprint density at radius 1 is 1.47 bits per heavy atom. The van der Waals surface area contributed by atoms with E-state index in [-0.39, 0.29) is 0 Å². The van der Waals surface area contributed by atoms with E-state index >= 15 is 0 Å². The van der Waals surface area contributed by atoms with E-state index in [2.05, 4.69) is 43.3 Å². The number of thiophene rings is 1. The summed E-state index contributed by atoms with van der Waals surface area (Å²) in [6.07, 6.45) is 4.51. The number of nitrogens with zero attached hydrogens (tertiary/aromatic N) is 2. The zero-order valence-electron chi connectivity index (χ0n) is 9.60. The summed E-state index contributed by atoms with van der Waals surface area (Å²) in [5.41, 5.74) is 0. The number of alkyl halides is 1. The quantitative estimate of drug-likeness (QED) is 0.799. The van der Waals surface area contributed by atoms with Crippen molar-refractivity contribution in [2.75, 3.05) is 23.3 Å². The lowest BCUT2D eigenvalue weighted by Crippen LogP contribution is -2.20. The van der Waals surface area contributed by atoms with E-state index in [9.17, 15) is 0 Å². The van der Waals surface area contributed by atoms with Crippen LogP contribution in [0.3, 0.4) is 0 Å². The van der Waals surface area contributed by atoms with Crippen LogP contribution >= 0.6 is 27.3 Å². The molecule has 1 aliphatic rings. The molecule has 0 amide bonds. The SMILES string of the molecule is BrCCC1CCN(c2nccc3sccc23)C1. The Morgan fingerprint density at radius 3 is 3.29 bits per heavy atom. The smallest absolute Gasteiger partial charge is 0.137 e. The van der Waals surface area contributed by atoms with Crippen molar-refractivity contribution in [2.45, 2.75) is 12.8 Å². The first-order valence-corrected chi connectivity index (χ1v) is 8.01. The number of halogens is 1. The molecule has 1 saturated heterocycles. The maximum absolute atomic E-state index is 4.58. The second kappa shape index (κ2) is 4.94. The topological polar surface area (TPSA) is 16.1 Å². The number of hydrogen-bond donors (Lipinski definition) is 0. The number of aromatic nitrogens is 1. The molecule has 0 N–H and O–H groups in total. The fraction of sp³-hybridized carbons (Fsp3) is 0.462. The van der Waals surface area contributed by atoms with E-state index in [1.807, 2.05) is 6.20 Å². The van der Waals surface area contributed by atoms with Crippen LogP contribution in [-0.4, -0.2) is 23.4 Å². The average molecular weight is 311 g/mol. The van der Waals surface area contributed by atoms with Crippen LogP contribution in [0.4, 0.5) is 5.82 Å². The van der Waals surface area contributed by atoms with Crippen LogP contribution < -0.4 is 4.90 Å². The zero-order chi connectivity index (χ0) is 11.7. The van der Waals surface area contributed by atoms with Gasteiger partial charge in [0.1, 0.15) is 5.82 Å². The van der Waals surface area contributed by atoms with E-state index in [0.29, 0.717) is 0 Å². The number of hydrogen-bond acceptors (Lipinski definition) is 3. The van der Waals surface area contributed by atoms with E-state index in [1.54, 1.807) is 11.3 Å². The van der Waals surface area contributed by atoms with Crippen LogP contribution in [0.1, 0.15) is 12.8 Å². The summed E-state index contributed by atoms with van der Waals surface area (Å²) in [5.74, 6) is 2.01. The number of anilines is 1. The Morgan fingerprint density at radius 2 is 2.41 bits per heavy atom. The normalized spacial score (nSPS) is 20.3. The number of rotatable bonds is 3. The molecule has 1 unspecified atom stereocenters. The summed E-state index contributed by atoms with van der Waals surface area (Å²) >= 11 is 5.33. The summed E-state index contributed by atoms with van der Waals surface area (Å²) < 4.78 is 1.35. The Labute approximate surface area is 114 Å². The summed E-state index contributed by atoms with van der Waals surface area (Å²) in [5, 5.41) is 4.58. The van der Waals surface area contributed by atoms with E-state index < -0.39 is 0 Å². The maximum Gasteiger partial charge on any atom is 0.137 e. The molecule has 90 valence electrons. The lowest BCUT2D eigenvalue weighted by molar-refractivity contribution is 0.575. The molecule has 3 rings (SSSR count). The Hall–Kier alpha value is -0.610. The third-order valence-corrected chi connectivity index (χ3v) is 4.80. The van der Waals surface area contributed by atoms with Crippen LogP contribution in [0.2, 0.25) is 0 Å². The van der Waals surface area contributed by atoms with Crippen molar-refractivity contribution in [3.05, 3.63) is 23.7 Å². The molecule has 2 aromatic heterocycles. The standard InChI is InChI=1S/C13H15BrN2S/c14-5-1-10-3-7-16(9-10)13-11-4-8-17-12(11)2-6-15-13/h2,4,6,8,10H,1,3,5,7,9H2. The van der Waals surface area contributed by atoms with Gasteiger partial charge >= 0.3 is 0 Å². The van der Waals surface area contributed by atoms with Gasteiger partial charge in [-0.2, -0.15) is 0 Å². The molecule has 3 heterocycles. The molecule has 0 aliphatic carbocycles. The fourth-order valence-electron chi connectivity index (χ4n) is 2.55. The molecule has 0 bridgehead atoms. The van der Waals surface area contributed by atoms with Crippen LogP contribution in [0.25, 0.3) is 10.1 Å². The van der Waals surface area contributed by atoms with Crippen molar-refractivity contribution in [1.29, 1.82) is 0 Å². The second-order valence-corrected chi connectivity index (χ2v) is 6.29. The minimum atomic E-state index is 0.824. The summed E-state index contributed by atoms with van der Waals surface area (Å²) in [6.45, 7) is 2.31. The van der Waals surface area contributed by atoms with Crippen molar-refractivity contribution in [3.63, 3.8) is 0 Å². The molecule has 2 nitrogen and oxygen atoms in total. The predicted octanol–water partition coefficient (Wildman–Crippen LogP) is 3.91. The molecule has 0 spiro atoms. The van der Waals surface area contributed by atoms with Gasteiger partial charge in [0.05, 0.1) is 0 Å². The van der Waals surface area contributed by atoms with E-state index in [1.165, 1.54) is 28.7 Å². The van der Waals surface area contributed by atoms with Crippen molar-refractivity contribution in [3.8, 4) is 0 Å². The first-order chi connectivity index (χ1) is 8.38. The highest BCUT2D eigenvalue weighted by Gasteiger charge is 2.24. The van der Waals surface area contributed by atoms with Gasteiger partial charge in [-0.05, 0) is 36.3 Å². The third-order valence-electron chi connectivity index (χ3n) is 3.46. The summed E-state index contributed by atoms with van der Waals surface area (Å²) in [4.78, 5) is 7.02. The molecule has 0 saturated carbocycles. The van der Waals surface area contributed by atoms with Gasteiger partial charge in [0, 0.05) is 34.7 Å². The number of pyridine rings is 1. The molecule has 4 heteroatoms. The largest absolute Gasteiger partial charge is 0.356 e. The monoisotopic (exact) mass is 310 g/mol. The maximum atomic E-state index is 4.58. The molecule has 2 aromatic rings. The molecular formula is C13H15BrN2S. The fourth-order valence-corrected chi connectivity index (χ4v) is 3.97. The number of fused-ring (bicyclic) bond motifs is 1. The van der Waals surface area contributed by atoms with Crippen molar-refractivity contribution in [1.82, 2.24) is 4.98 Å². The van der Waals surface area contributed by atoms with Gasteiger partial charge in [-0.25, -0.2) is 4.98 Å². The van der Waals surface area contributed by atoms with E-state index in [4.69, 9.17) is 0 Å². The van der Waals surface area contributed by atoms with Crippen LogP contribution in [0.5, 0.6) is 0 Å². The van der Waals surface area contributed by atoms with Crippen LogP contribution in [0.15, 0.2) is 23.7 Å². The average Bonchev–Trinajstić information content (AvgIpc) is 2.96. The van der Waals surface area contributed by atoms with Crippen LogP contribution in [0, 0.1) is 5.92 Å². The first-order valence-electron chi connectivity index (χ1n) is 6.01. The minimum absolute atomic E-state index is 0.824. The third kappa shape index (κ3) is 2.20. The molecule has 1 aliphatic heterocycles. The Kier molecular flexibility index (Phi) is 3.34. The highest BCUT2D eigenvalue weighted by atomic mass is 79.9. The molecule has 0 radical (unpaired) electrons. The molecule has 17 heavy (non-hydrogen) atoms. The van der Waals surface area contributed by atoms with Crippen molar-refractivity contribution >= 4 is 43.2 Å². The van der Waals surface area contributed by atoms with Gasteiger partial charge in [0.15, 0.2) is 0 Å². The summed E-state index contributed by atoms with van der Waals surface area (Å²) in [6, 6.07) is 4.30. The minimum Gasteiger partial charge on any atom is -0.356 e. The zero-order valence-corrected chi connectivity index (χ0v) is 12.0. The van der Waals surface area contributed by atoms with Gasteiger partial charge < -0.3 is 4.90 Å². The second-order valence-electron chi connectivity index (χ2n) is 4.55. The molecular weight excluding hydrogens is 296 g/mol. The lowest BCUT2D eigenvalue weighted by Gasteiger charge is -2.18. The van der Waals surface area contributed by atoms with Crippen LogP contribution in [-0.2, 0) is 0 Å². The van der Waals surface area contributed by atoms with Gasteiger partial charge in [-0.1, -0.05) is 15.9 Å². The first kappa shape index (κ1) is 11.5. The van der Waals surface area contributed by atoms with E-state index in [0.717, 1.165) is 24.3 Å². The van der Waals surface area contributed by atoms with Gasteiger partial charge in [-0.3, -0.25) is 0 Å². The van der Waals surface area contributed by atoms with Gasteiger partial charge in [0.25, 0.3) is 0 Å². The lowest BCUT2D eigenvalue weighted by atomic mass is 10.1.